The van der Waals surface area contributed by atoms with E-state index in [0.717, 1.165) is 14.2 Å². The number of rotatable bonds is 5. The molecule has 1 aromatic carbocycles. The van der Waals surface area contributed by atoms with Gasteiger partial charge in [-0.1, -0.05) is 46.4 Å². The van der Waals surface area contributed by atoms with Gasteiger partial charge in [0.15, 0.2) is 0 Å². The van der Waals surface area contributed by atoms with E-state index in [1.165, 1.54) is 12.1 Å². The van der Waals surface area contributed by atoms with Crippen LogP contribution in [0.2, 0.25) is 5.02 Å². The number of halogens is 4. The number of hydrogen-bond donors (Lipinski definition) is 1. The minimum absolute atomic E-state index is 0.377. The van der Waals surface area contributed by atoms with Gasteiger partial charge < -0.3 is 13.8 Å². The molecule has 0 aliphatic heterocycles. The van der Waals surface area contributed by atoms with Crippen molar-refractivity contribution >= 4 is 65.8 Å². The summed E-state index contributed by atoms with van der Waals surface area (Å²) in [6.07, 6.45) is -1.01. The molecule has 6 nitrogen and oxygen atoms in total. The first-order valence-corrected chi connectivity index (χ1v) is 8.76. The summed E-state index contributed by atoms with van der Waals surface area (Å²) in [7, 11) is -1.82. The number of carbonyl (C=O) groups is 1. The smallest absolute Gasteiger partial charge is 0.412 e. The Balaban J connectivity index is 2.88. The second-order valence-corrected chi connectivity index (χ2v) is 8.92. The van der Waals surface area contributed by atoms with Crippen molar-refractivity contribution in [1.82, 2.24) is 0 Å². The van der Waals surface area contributed by atoms with Crippen LogP contribution in [0.1, 0.15) is 0 Å². The molecule has 0 saturated carbocycles. The molecule has 0 heterocycles. The standard InChI is InChI=1S/C11H12Cl4NO5P/c1-19-22(18,20-2)9(11(13,14)15)21-10(17)16-8-5-3-7(12)4-6-8/h3-6,9H,1-2H3,(H,16,17)/t9-/m0/s1. The number of benzene rings is 1. The molecule has 0 aliphatic carbocycles. The maximum Gasteiger partial charge on any atom is 0.412 e. The van der Waals surface area contributed by atoms with E-state index in [1.807, 2.05) is 0 Å². The number of amides is 1. The van der Waals surface area contributed by atoms with Crippen LogP contribution in [0.25, 0.3) is 0 Å². The summed E-state index contributed by atoms with van der Waals surface area (Å²) in [6.45, 7) is 0. The van der Waals surface area contributed by atoms with Crippen molar-refractivity contribution in [3.8, 4) is 0 Å². The lowest BCUT2D eigenvalue weighted by Gasteiger charge is -2.28. The molecular weight excluding hydrogens is 399 g/mol. The highest BCUT2D eigenvalue weighted by molar-refractivity contribution is 7.55. The maximum absolute atomic E-state index is 12.3. The van der Waals surface area contributed by atoms with E-state index in [4.69, 9.17) is 60.2 Å². The summed E-state index contributed by atoms with van der Waals surface area (Å²) in [4.78, 5) is 11.9. The van der Waals surface area contributed by atoms with Gasteiger partial charge in [0.1, 0.15) is 0 Å². The Labute approximate surface area is 147 Å². The normalized spacial score (nSPS) is 13.5. The minimum atomic E-state index is -3.98. The molecule has 1 atom stereocenters. The summed E-state index contributed by atoms with van der Waals surface area (Å²) >= 11 is 22.8. The van der Waals surface area contributed by atoms with Crippen LogP contribution in [0.3, 0.4) is 0 Å². The predicted octanol–water partition coefficient (Wildman–Crippen LogP) is 5.07. The van der Waals surface area contributed by atoms with E-state index < -0.39 is 23.3 Å². The van der Waals surface area contributed by atoms with Gasteiger partial charge in [-0.2, -0.15) is 0 Å². The van der Waals surface area contributed by atoms with Crippen molar-refractivity contribution in [2.24, 2.45) is 0 Å². The molecule has 1 amide bonds. The third-order valence-corrected chi connectivity index (χ3v) is 5.77. The van der Waals surface area contributed by atoms with Crippen molar-refractivity contribution in [3.05, 3.63) is 29.3 Å². The number of anilines is 1. The Kier molecular flexibility index (Phi) is 7.27. The van der Waals surface area contributed by atoms with E-state index >= 15 is 0 Å². The van der Waals surface area contributed by atoms with Gasteiger partial charge in [-0.3, -0.25) is 9.88 Å². The van der Waals surface area contributed by atoms with Crippen LogP contribution in [0.4, 0.5) is 10.5 Å². The number of ether oxygens (including phenoxy) is 1. The second-order valence-electron chi connectivity index (χ2n) is 3.84. The Morgan fingerprint density at radius 3 is 2.09 bits per heavy atom. The van der Waals surface area contributed by atoms with Crippen molar-refractivity contribution in [3.63, 3.8) is 0 Å². The largest absolute Gasteiger partial charge is 0.428 e. The van der Waals surface area contributed by atoms with Gasteiger partial charge in [-0.15, -0.1) is 0 Å². The summed E-state index contributed by atoms with van der Waals surface area (Å²) in [5.74, 6) is -1.76. The van der Waals surface area contributed by atoms with Crippen LogP contribution >= 0.6 is 54.0 Å². The van der Waals surface area contributed by atoms with Crippen molar-refractivity contribution in [2.45, 2.75) is 9.64 Å². The van der Waals surface area contributed by atoms with Crippen molar-refractivity contribution in [2.75, 3.05) is 19.5 Å². The van der Waals surface area contributed by atoms with Gasteiger partial charge >= 0.3 is 13.7 Å². The molecule has 1 aromatic rings. The van der Waals surface area contributed by atoms with Crippen LogP contribution in [-0.2, 0) is 18.3 Å². The van der Waals surface area contributed by atoms with Gasteiger partial charge in [-0.05, 0) is 24.3 Å². The maximum atomic E-state index is 12.3. The lowest BCUT2D eigenvalue weighted by Crippen LogP contribution is -2.34. The number of carbonyl (C=O) groups excluding carboxylic acids is 1. The number of nitrogens with one attached hydrogen (secondary N) is 1. The van der Waals surface area contributed by atoms with E-state index in [2.05, 4.69) is 5.32 Å². The zero-order chi connectivity index (χ0) is 17.0. The molecule has 0 unspecified atom stereocenters. The highest BCUT2D eigenvalue weighted by Crippen LogP contribution is 2.59. The van der Waals surface area contributed by atoms with Crippen LogP contribution in [0, 0.1) is 0 Å². The average molecular weight is 411 g/mol. The lowest BCUT2D eigenvalue weighted by molar-refractivity contribution is 0.124. The lowest BCUT2D eigenvalue weighted by atomic mass is 10.3. The Morgan fingerprint density at radius 1 is 1.18 bits per heavy atom. The van der Waals surface area contributed by atoms with Gasteiger partial charge in [-0.25, -0.2) is 4.79 Å². The molecule has 1 rings (SSSR count). The summed E-state index contributed by atoms with van der Waals surface area (Å²) < 4.78 is 24.4. The molecule has 0 aliphatic rings. The van der Waals surface area contributed by atoms with Crippen LogP contribution in [-0.4, -0.2) is 30.0 Å². The molecule has 124 valence electrons. The monoisotopic (exact) mass is 409 g/mol. The fourth-order valence-corrected chi connectivity index (χ4v) is 3.81. The van der Waals surface area contributed by atoms with E-state index in [0.29, 0.717) is 10.7 Å². The molecule has 0 saturated heterocycles. The minimum Gasteiger partial charge on any atom is -0.428 e. The topological polar surface area (TPSA) is 73.9 Å². The molecule has 0 fully saturated rings. The molecule has 11 heteroatoms. The fraction of sp³-hybridized carbons (Fsp3) is 0.364. The van der Waals surface area contributed by atoms with Crippen molar-refractivity contribution in [1.29, 1.82) is 0 Å². The molecule has 0 spiro atoms. The highest BCUT2D eigenvalue weighted by Gasteiger charge is 2.51. The third kappa shape index (κ3) is 5.46. The van der Waals surface area contributed by atoms with Gasteiger partial charge in [0.05, 0.1) is 0 Å². The molecule has 22 heavy (non-hydrogen) atoms. The van der Waals surface area contributed by atoms with Gasteiger partial charge in [0.25, 0.3) is 5.85 Å². The summed E-state index contributed by atoms with van der Waals surface area (Å²) in [5.41, 5.74) is 0.377. The number of alkyl halides is 3. The SMILES string of the molecule is COP(=O)(OC)[C@H](OC(=O)Nc1ccc(Cl)cc1)C(Cl)(Cl)Cl. The van der Waals surface area contributed by atoms with Crippen LogP contribution < -0.4 is 5.32 Å². The zero-order valence-corrected chi connectivity index (χ0v) is 15.3. The predicted molar refractivity (Wildman–Crippen MR) is 87.3 cm³/mol. The van der Waals surface area contributed by atoms with E-state index in [9.17, 15) is 9.36 Å². The molecular formula is C11H12Cl4NO5P. The quantitative estimate of drug-likeness (QED) is 0.541. The first-order chi connectivity index (χ1) is 10.1. The zero-order valence-electron chi connectivity index (χ0n) is 11.4. The van der Waals surface area contributed by atoms with E-state index in [1.54, 1.807) is 12.1 Å². The summed E-state index contributed by atoms with van der Waals surface area (Å²) in [6, 6.07) is 6.16. The first kappa shape index (κ1) is 19.8. The molecule has 0 bridgehead atoms. The highest BCUT2D eigenvalue weighted by atomic mass is 35.6. The van der Waals surface area contributed by atoms with Gasteiger partial charge in [0, 0.05) is 24.9 Å². The number of hydrogen-bond acceptors (Lipinski definition) is 5. The molecule has 1 N–H and O–H groups in total. The third-order valence-electron chi connectivity index (χ3n) is 2.39. The fourth-order valence-electron chi connectivity index (χ4n) is 1.36. The Bertz CT molecular complexity index is 555. The van der Waals surface area contributed by atoms with Crippen molar-refractivity contribution < 1.29 is 23.1 Å². The van der Waals surface area contributed by atoms with Crippen LogP contribution in [0.15, 0.2) is 24.3 Å². The first-order valence-electron chi connectivity index (χ1n) is 5.63. The molecule has 0 aromatic heterocycles. The van der Waals surface area contributed by atoms with Crippen LogP contribution in [0.5, 0.6) is 0 Å². The van der Waals surface area contributed by atoms with E-state index in [-0.39, 0.29) is 0 Å². The second kappa shape index (κ2) is 8.06. The summed E-state index contributed by atoms with van der Waals surface area (Å²) in [5, 5.41) is 2.85. The average Bonchev–Trinajstić information content (AvgIpc) is 2.45. The molecule has 0 radical (unpaired) electrons. The Morgan fingerprint density at radius 2 is 1.68 bits per heavy atom. The van der Waals surface area contributed by atoms with Gasteiger partial charge in [0.2, 0.25) is 3.79 Å². The Hall–Kier alpha value is -0.200.